The first-order valence-corrected chi connectivity index (χ1v) is 11.3. The number of nitriles is 1. The van der Waals surface area contributed by atoms with Crippen molar-refractivity contribution >= 4 is 17.3 Å². The Balaban J connectivity index is 1.45. The van der Waals surface area contributed by atoms with Crippen molar-refractivity contribution in [3.63, 3.8) is 0 Å². The number of benzene rings is 2. The van der Waals surface area contributed by atoms with Gasteiger partial charge in [0.05, 0.1) is 23.6 Å². The van der Waals surface area contributed by atoms with Crippen LogP contribution in [0.3, 0.4) is 0 Å². The highest BCUT2D eigenvalue weighted by Gasteiger charge is 2.36. The molecular weight excluding hydrogens is 412 g/mol. The summed E-state index contributed by atoms with van der Waals surface area (Å²) in [6, 6.07) is 14.5. The Labute approximate surface area is 194 Å². The van der Waals surface area contributed by atoms with Gasteiger partial charge >= 0.3 is 0 Å². The fourth-order valence-electron chi connectivity index (χ4n) is 4.69. The molecule has 0 fully saturated rings. The van der Waals surface area contributed by atoms with Crippen LogP contribution in [-0.2, 0) is 18.3 Å². The van der Waals surface area contributed by atoms with Gasteiger partial charge in [-0.2, -0.15) is 5.26 Å². The maximum Gasteiger partial charge on any atom is 0.227 e. The van der Waals surface area contributed by atoms with E-state index in [1.165, 1.54) is 11.1 Å². The van der Waals surface area contributed by atoms with Crippen LogP contribution in [0.1, 0.15) is 29.2 Å². The summed E-state index contributed by atoms with van der Waals surface area (Å²) < 4.78 is 0. The minimum absolute atomic E-state index is 0.00597. The minimum atomic E-state index is -0.430. The lowest BCUT2D eigenvalue weighted by molar-refractivity contribution is 0.219. The number of aliphatic hydroxyl groups excluding tert-OH is 1. The van der Waals surface area contributed by atoms with E-state index < -0.39 is 5.41 Å². The third kappa shape index (κ3) is 4.04. The molecule has 2 aromatic carbocycles. The van der Waals surface area contributed by atoms with Crippen molar-refractivity contribution in [3.8, 4) is 17.3 Å². The summed E-state index contributed by atoms with van der Waals surface area (Å²) in [5, 5.41) is 26.3. The number of nitrogens with one attached hydrogen (secondary N) is 2. The van der Waals surface area contributed by atoms with Crippen molar-refractivity contribution in [2.45, 2.75) is 25.2 Å². The monoisotopic (exact) mass is 440 g/mol. The number of aliphatic hydroxyl groups is 1. The van der Waals surface area contributed by atoms with Crippen molar-refractivity contribution in [1.29, 1.82) is 5.26 Å². The Bertz CT molecular complexity index is 1250. The zero-order valence-electron chi connectivity index (χ0n) is 19.0. The summed E-state index contributed by atoms with van der Waals surface area (Å²) in [7, 11) is 2.17. The molecule has 0 spiro atoms. The normalized spacial score (nSPS) is 19.7. The molecule has 3 aromatic rings. The van der Waals surface area contributed by atoms with Crippen LogP contribution in [-0.4, -0.2) is 53.3 Å². The summed E-state index contributed by atoms with van der Waals surface area (Å²) in [5.41, 5.74) is 7.20. The smallest absolute Gasteiger partial charge is 0.227 e. The predicted octanol–water partition coefficient (Wildman–Crippen LogP) is 3.46. The van der Waals surface area contributed by atoms with Crippen LogP contribution < -0.4 is 10.6 Å². The second-order valence-corrected chi connectivity index (χ2v) is 9.31. The largest absolute Gasteiger partial charge is 0.395 e. The third-order valence-electron chi connectivity index (χ3n) is 6.85. The molecule has 1 aromatic heterocycles. The van der Waals surface area contributed by atoms with Gasteiger partial charge in [0.2, 0.25) is 5.95 Å². The van der Waals surface area contributed by atoms with Gasteiger partial charge in [0.25, 0.3) is 0 Å². The predicted molar refractivity (Wildman–Crippen MR) is 130 cm³/mol. The molecule has 1 atom stereocenters. The average molecular weight is 441 g/mol. The van der Waals surface area contributed by atoms with E-state index in [1.807, 2.05) is 25.1 Å². The molecule has 7 heteroatoms. The molecule has 2 aliphatic heterocycles. The van der Waals surface area contributed by atoms with E-state index in [9.17, 15) is 10.4 Å². The molecule has 0 saturated heterocycles. The molecule has 5 rings (SSSR count). The molecule has 2 aliphatic rings. The SMILES string of the molecule is CN1CCc2ccc(Nc3nccc(-c4cc(C#N)c5c(c4)C(C)(CO)CN5)n3)cc2CC1. The lowest BCUT2D eigenvalue weighted by Gasteiger charge is -2.21. The van der Waals surface area contributed by atoms with Gasteiger partial charge in [-0.05, 0) is 66.9 Å². The number of anilines is 3. The van der Waals surface area contributed by atoms with Crippen LogP contribution >= 0.6 is 0 Å². The van der Waals surface area contributed by atoms with E-state index in [-0.39, 0.29) is 6.61 Å². The maximum atomic E-state index is 9.96. The standard InChI is InChI=1S/C26H28N6O/c1-26(16-33)15-29-24-20(14-27)11-19(13-22(24)26)23-5-8-28-25(31-23)30-21-4-3-17-6-9-32(2)10-7-18(17)12-21/h3-5,8,11-13,29,33H,6-7,9-10,15-16H2,1-2H3,(H,28,30,31). The molecule has 3 N–H and O–H groups in total. The number of aromatic nitrogens is 2. The van der Waals surface area contributed by atoms with Crippen molar-refractivity contribution in [2.75, 3.05) is 43.9 Å². The topological polar surface area (TPSA) is 97.1 Å². The molecule has 3 heterocycles. The quantitative estimate of drug-likeness (QED) is 0.572. The first kappa shape index (κ1) is 21.4. The van der Waals surface area contributed by atoms with Crippen LogP contribution in [0.25, 0.3) is 11.3 Å². The third-order valence-corrected chi connectivity index (χ3v) is 6.85. The number of rotatable bonds is 4. The van der Waals surface area contributed by atoms with E-state index in [1.54, 1.807) is 6.20 Å². The van der Waals surface area contributed by atoms with Crippen LogP contribution in [0.4, 0.5) is 17.3 Å². The molecule has 0 aliphatic carbocycles. The van der Waals surface area contributed by atoms with Crippen LogP contribution in [0.2, 0.25) is 0 Å². The Morgan fingerprint density at radius 3 is 2.79 bits per heavy atom. The molecule has 0 bridgehead atoms. The summed E-state index contributed by atoms with van der Waals surface area (Å²) in [6.45, 7) is 4.75. The van der Waals surface area contributed by atoms with E-state index in [4.69, 9.17) is 4.98 Å². The van der Waals surface area contributed by atoms with Crippen LogP contribution in [0.5, 0.6) is 0 Å². The molecule has 1 unspecified atom stereocenters. The number of fused-ring (bicyclic) bond motifs is 2. The highest BCUT2D eigenvalue weighted by molar-refractivity contribution is 5.76. The molecule has 7 nitrogen and oxygen atoms in total. The Kier molecular flexibility index (Phi) is 5.49. The van der Waals surface area contributed by atoms with E-state index in [0.29, 0.717) is 18.1 Å². The molecule has 0 saturated carbocycles. The fraction of sp³-hybridized carbons (Fsp3) is 0.346. The highest BCUT2D eigenvalue weighted by Crippen LogP contribution is 2.41. The van der Waals surface area contributed by atoms with Gasteiger partial charge in [0.15, 0.2) is 0 Å². The van der Waals surface area contributed by atoms with Gasteiger partial charge in [-0.15, -0.1) is 0 Å². The van der Waals surface area contributed by atoms with Gasteiger partial charge in [-0.3, -0.25) is 0 Å². The van der Waals surface area contributed by atoms with Crippen molar-refractivity contribution in [1.82, 2.24) is 14.9 Å². The van der Waals surface area contributed by atoms with Crippen molar-refractivity contribution in [2.24, 2.45) is 0 Å². The van der Waals surface area contributed by atoms with Gasteiger partial charge in [0.1, 0.15) is 6.07 Å². The lowest BCUT2D eigenvalue weighted by atomic mass is 9.83. The number of hydrogen-bond acceptors (Lipinski definition) is 7. The minimum Gasteiger partial charge on any atom is -0.395 e. The zero-order chi connectivity index (χ0) is 23.0. The average Bonchev–Trinajstić information content (AvgIpc) is 3.07. The summed E-state index contributed by atoms with van der Waals surface area (Å²) in [6.07, 6.45) is 3.83. The van der Waals surface area contributed by atoms with E-state index in [0.717, 1.165) is 54.1 Å². The maximum absolute atomic E-state index is 9.96. The van der Waals surface area contributed by atoms with Crippen LogP contribution in [0, 0.1) is 11.3 Å². The first-order chi connectivity index (χ1) is 16.0. The number of likely N-dealkylation sites (N-methyl/N-ethyl adjacent to an activating group) is 1. The van der Waals surface area contributed by atoms with Crippen molar-refractivity contribution in [3.05, 3.63) is 64.8 Å². The zero-order valence-corrected chi connectivity index (χ0v) is 19.0. The van der Waals surface area contributed by atoms with Crippen molar-refractivity contribution < 1.29 is 5.11 Å². The molecule has 0 amide bonds. The summed E-state index contributed by atoms with van der Waals surface area (Å²) >= 11 is 0. The number of nitrogens with zero attached hydrogens (tertiary/aromatic N) is 4. The van der Waals surface area contributed by atoms with E-state index in [2.05, 4.69) is 51.8 Å². The highest BCUT2D eigenvalue weighted by atomic mass is 16.3. The van der Waals surface area contributed by atoms with Gasteiger partial charge in [-0.25, -0.2) is 9.97 Å². The summed E-state index contributed by atoms with van der Waals surface area (Å²) in [4.78, 5) is 11.5. The molecule has 33 heavy (non-hydrogen) atoms. The van der Waals surface area contributed by atoms with Crippen LogP contribution in [0.15, 0.2) is 42.6 Å². The molecule has 0 radical (unpaired) electrons. The first-order valence-electron chi connectivity index (χ1n) is 11.3. The lowest BCUT2D eigenvalue weighted by Crippen LogP contribution is -2.28. The second-order valence-electron chi connectivity index (χ2n) is 9.31. The van der Waals surface area contributed by atoms with Gasteiger partial charge in [-0.1, -0.05) is 13.0 Å². The second kappa shape index (κ2) is 8.47. The Morgan fingerprint density at radius 2 is 2.00 bits per heavy atom. The Hall–Kier alpha value is -3.47. The fourth-order valence-corrected chi connectivity index (χ4v) is 4.69. The van der Waals surface area contributed by atoms with Gasteiger partial charge in [0, 0.05) is 42.5 Å². The Morgan fingerprint density at radius 1 is 1.18 bits per heavy atom. The summed E-state index contributed by atoms with van der Waals surface area (Å²) in [5.74, 6) is 0.514. The number of hydrogen-bond donors (Lipinski definition) is 3. The van der Waals surface area contributed by atoms with Gasteiger partial charge < -0.3 is 20.6 Å². The molecular formula is C26H28N6O. The molecule has 168 valence electrons. The van der Waals surface area contributed by atoms with E-state index >= 15 is 0 Å².